The van der Waals surface area contributed by atoms with Crippen LogP contribution < -0.4 is 5.73 Å². The lowest BCUT2D eigenvalue weighted by molar-refractivity contribution is 0.100. The molecule has 0 aliphatic rings. The smallest absolute Gasteiger partial charge is 0.248 e. The van der Waals surface area contributed by atoms with Crippen molar-refractivity contribution in [2.24, 2.45) is 5.73 Å². The van der Waals surface area contributed by atoms with Gasteiger partial charge in [-0.05, 0) is 18.2 Å². The third kappa shape index (κ3) is 1.10. The van der Waals surface area contributed by atoms with Gasteiger partial charge in [-0.15, -0.1) is 0 Å². The summed E-state index contributed by atoms with van der Waals surface area (Å²) in [5.74, 6) is -0.505. The minimum absolute atomic E-state index is 0.381. The third-order valence-electron chi connectivity index (χ3n) is 1.81. The molecule has 13 heavy (non-hydrogen) atoms. The fraction of sp³-hybridized carbons (Fsp3) is 0. The van der Waals surface area contributed by atoms with Gasteiger partial charge >= 0.3 is 0 Å². The van der Waals surface area contributed by atoms with Crippen molar-refractivity contribution in [3.63, 3.8) is 0 Å². The molecule has 0 radical (unpaired) electrons. The van der Waals surface area contributed by atoms with Crippen LogP contribution in [0.1, 0.15) is 10.4 Å². The molecule has 3 N–H and O–H groups in total. The number of nitrogens with two attached hydrogens (primary N) is 1. The van der Waals surface area contributed by atoms with Crippen LogP contribution >= 0.6 is 0 Å². The number of hydrogen-bond donors (Lipinski definition) is 2. The SMILES string of the molecule is NC(=O)c1ccc2c(c1)ncn2O. The lowest BCUT2D eigenvalue weighted by Crippen LogP contribution is -2.10. The topological polar surface area (TPSA) is 81.1 Å². The maximum absolute atomic E-state index is 10.8. The highest BCUT2D eigenvalue weighted by atomic mass is 16.5. The minimum Gasteiger partial charge on any atom is -0.427 e. The van der Waals surface area contributed by atoms with E-state index in [9.17, 15) is 10.0 Å². The number of carbonyl (C=O) groups is 1. The van der Waals surface area contributed by atoms with E-state index in [0.29, 0.717) is 16.6 Å². The Kier molecular flexibility index (Phi) is 1.45. The van der Waals surface area contributed by atoms with E-state index in [1.165, 1.54) is 12.4 Å². The summed E-state index contributed by atoms with van der Waals surface area (Å²) in [6.07, 6.45) is 1.26. The zero-order valence-corrected chi connectivity index (χ0v) is 6.64. The second-order valence-electron chi connectivity index (χ2n) is 2.66. The van der Waals surface area contributed by atoms with Crippen molar-refractivity contribution in [2.45, 2.75) is 0 Å². The Bertz CT molecular complexity index is 475. The van der Waals surface area contributed by atoms with Crippen molar-refractivity contribution >= 4 is 16.9 Å². The van der Waals surface area contributed by atoms with Crippen molar-refractivity contribution in [3.8, 4) is 0 Å². The molecule has 0 spiro atoms. The molecular formula is C8H7N3O2. The van der Waals surface area contributed by atoms with Gasteiger partial charge in [0.25, 0.3) is 0 Å². The summed E-state index contributed by atoms with van der Waals surface area (Å²) in [4.78, 5) is 14.6. The van der Waals surface area contributed by atoms with E-state index in [2.05, 4.69) is 4.98 Å². The second kappa shape index (κ2) is 2.48. The summed E-state index contributed by atoms with van der Waals surface area (Å²) in [6, 6.07) is 4.66. The first-order chi connectivity index (χ1) is 6.18. The Hall–Kier alpha value is -2.04. The van der Waals surface area contributed by atoms with Gasteiger partial charge in [0.1, 0.15) is 11.8 Å². The van der Waals surface area contributed by atoms with Gasteiger partial charge in [-0.1, -0.05) is 0 Å². The van der Waals surface area contributed by atoms with Gasteiger partial charge in [0.15, 0.2) is 0 Å². The van der Waals surface area contributed by atoms with Crippen LogP contribution in [0.5, 0.6) is 0 Å². The van der Waals surface area contributed by atoms with Crippen molar-refractivity contribution in [2.75, 3.05) is 0 Å². The van der Waals surface area contributed by atoms with Crippen LogP contribution in [0, 0.1) is 0 Å². The molecule has 0 atom stereocenters. The predicted molar refractivity (Wildman–Crippen MR) is 45.4 cm³/mol. The van der Waals surface area contributed by atoms with Crippen molar-refractivity contribution in [1.29, 1.82) is 0 Å². The highest BCUT2D eigenvalue weighted by Gasteiger charge is 2.05. The lowest BCUT2D eigenvalue weighted by atomic mass is 10.2. The molecule has 0 aliphatic carbocycles. The Morgan fingerprint density at radius 1 is 1.54 bits per heavy atom. The molecular weight excluding hydrogens is 170 g/mol. The number of imidazole rings is 1. The minimum atomic E-state index is -0.505. The summed E-state index contributed by atoms with van der Waals surface area (Å²) >= 11 is 0. The number of benzene rings is 1. The first-order valence-electron chi connectivity index (χ1n) is 3.64. The third-order valence-corrected chi connectivity index (χ3v) is 1.81. The summed E-state index contributed by atoms with van der Waals surface area (Å²) in [5.41, 5.74) is 6.54. The van der Waals surface area contributed by atoms with E-state index >= 15 is 0 Å². The molecule has 0 aliphatic heterocycles. The fourth-order valence-electron chi connectivity index (χ4n) is 1.15. The van der Waals surface area contributed by atoms with Crippen LogP contribution in [-0.4, -0.2) is 20.8 Å². The maximum Gasteiger partial charge on any atom is 0.248 e. The average molecular weight is 177 g/mol. The van der Waals surface area contributed by atoms with Gasteiger partial charge < -0.3 is 10.9 Å². The first kappa shape index (κ1) is 7.60. The maximum atomic E-state index is 10.8. The molecule has 1 amide bonds. The van der Waals surface area contributed by atoms with Crippen LogP contribution in [0.2, 0.25) is 0 Å². The molecule has 0 fully saturated rings. The normalized spacial score (nSPS) is 10.5. The first-order valence-corrected chi connectivity index (χ1v) is 3.64. The van der Waals surface area contributed by atoms with E-state index < -0.39 is 5.91 Å². The molecule has 0 saturated carbocycles. The molecule has 1 heterocycles. The second-order valence-corrected chi connectivity index (χ2v) is 2.66. The molecule has 2 rings (SSSR count). The summed E-state index contributed by atoms with van der Waals surface area (Å²) in [5, 5.41) is 9.18. The Labute approximate surface area is 73.4 Å². The predicted octanol–water partition coefficient (Wildman–Crippen LogP) is 0.372. The number of rotatable bonds is 1. The zero-order valence-electron chi connectivity index (χ0n) is 6.64. The van der Waals surface area contributed by atoms with E-state index in [4.69, 9.17) is 5.73 Å². The number of carbonyl (C=O) groups excluding carboxylic acids is 1. The van der Waals surface area contributed by atoms with Gasteiger partial charge in [-0.3, -0.25) is 4.79 Å². The summed E-state index contributed by atoms with van der Waals surface area (Å²) in [7, 11) is 0. The van der Waals surface area contributed by atoms with Gasteiger partial charge in [0.05, 0.1) is 5.52 Å². The fourth-order valence-corrected chi connectivity index (χ4v) is 1.15. The number of nitrogens with zero attached hydrogens (tertiary/aromatic N) is 2. The average Bonchev–Trinajstić information content (AvgIpc) is 2.47. The van der Waals surface area contributed by atoms with Gasteiger partial charge in [-0.2, -0.15) is 4.73 Å². The molecule has 5 heteroatoms. The van der Waals surface area contributed by atoms with Crippen molar-refractivity contribution in [1.82, 2.24) is 9.71 Å². The largest absolute Gasteiger partial charge is 0.427 e. The highest BCUT2D eigenvalue weighted by molar-refractivity contribution is 5.96. The van der Waals surface area contributed by atoms with Crippen LogP contribution in [0.25, 0.3) is 11.0 Å². The van der Waals surface area contributed by atoms with Crippen LogP contribution in [0.4, 0.5) is 0 Å². The van der Waals surface area contributed by atoms with E-state index in [1.807, 2.05) is 0 Å². The van der Waals surface area contributed by atoms with Gasteiger partial charge in [0, 0.05) is 5.56 Å². The van der Waals surface area contributed by atoms with Gasteiger partial charge in [-0.25, -0.2) is 4.98 Å². The lowest BCUT2D eigenvalue weighted by Gasteiger charge is -1.95. The van der Waals surface area contributed by atoms with Crippen LogP contribution in [0.15, 0.2) is 24.5 Å². The van der Waals surface area contributed by atoms with Crippen LogP contribution in [-0.2, 0) is 0 Å². The quantitative estimate of drug-likeness (QED) is 0.617. The molecule has 66 valence electrons. The molecule has 1 aromatic carbocycles. The van der Waals surface area contributed by atoms with Crippen LogP contribution in [0.3, 0.4) is 0 Å². The molecule has 5 nitrogen and oxygen atoms in total. The Morgan fingerprint density at radius 2 is 2.31 bits per heavy atom. The molecule has 0 unspecified atom stereocenters. The van der Waals surface area contributed by atoms with E-state index in [1.54, 1.807) is 12.1 Å². The van der Waals surface area contributed by atoms with E-state index in [0.717, 1.165) is 4.73 Å². The number of hydrogen-bond acceptors (Lipinski definition) is 3. The Morgan fingerprint density at radius 3 is 3.00 bits per heavy atom. The highest BCUT2D eigenvalue weighted by Crippen LogP contribution is 2.12. The van der Waals surface area contributed by atoms with E-state index in [-0.39, 0.29) is 0 Å². The van der Waals surface area contributed by atoms with Crippen molar-refractivity contribution in [3.05, 3.63) is 30.1 Å². The molecule has 0 bridgehead atoms. The molecule has 2 aromatic rings. The summed E-state index contributed by atoms with van der Waals surface area (Å²) < 4.78 is 0.889. The number of aromatic nitrogens is 2. The summed E-state index contributed by atoms with van der Waals surface area (Å²) in [6.45, 7) is 0. The van der Waals surface area contributed by atoms with Crippen molar-refractivity contribution < 1.29 is 10.0 Å². The molecule has 1 aromatic heterocycles. The Balaban J connectivity index is 2.70. The number of primary amides is 1. The molecule has 0 saturated heterocycles. The zero-order chi connectivity index (χ0) is 9.42. The monoisotopic (exact) mass is 177 g/mol. The number of fused-ring (bicyclic) bond motifs is 1. The number of amides is 1. The van der Waals surface area contributed by atoms with Gasteiger partial charge in [0.2, 0.25) is 5.91 Å². The standard InChI is InChI=1S/C8H7N3O2/c9-8(12)5-1-2-7-6(3-5)10-4-11(7)13/h1-4,13H,(H2,9,12).